The highest BCUT2D eigenvalue weighted by atomic mass is 32.2. The summed E-state index contributed by atoms with van der Waals surface area (Å²) in [5.41, 5.74) is 9.03. The molecule has 0 spiro atoms. The van der Waals surface area contributed by atoms with E-state index >= 15 is 0 Å². The van der Waals surface area contributed by atoms with Gasteiger partial charge in [-0.25, -0.2) is 9.79 Å². The lowest BCUT2D eigenvalue weighted by molar-refractivity contribution is 0.415. The number of benzene rings is 2. The van der Waals surface area contributed by atoms with Crippen molar-refractivity contribution in [3.63, 3.8) is 0 Å². The number of nitrogens with zero attached hydrogens (tertiary/aromatic N) is 1. The van der Waals surface area contributed by atoms with Crippen LogP contribution in [0.4, 0.5) is 5.69 Å². The fraction of sp³-hybridized carbons (Fsp3) is 0.200. The number of ether oxygens (including phenoxy) is 1. The SMILES string of the molecule is CCc1ccc2c(CSC(N)=Nc3cccc(OC)c3)cc(=O)oc2c1. The van der Waals surface area contributed by atoms with E-state index in [1.807, 2.05) is 42.5 Å². The molecule has 0 atom stereocenters. The van der Waals surface area contributed by atoms with E-state index in [0.717, 1.165) is 34.4 Å². The van der Waals surface area contributed by atoms with Crippen LogP contribution in [0.2, 0.25) is 0 Å². The number of rotatable bonds is 5. The van der Waals surface area contributed by atoms with Gasteiger partial charge < -0.3 is 14.9 Å². The van der Waals surface area contributed by atoms with Crippen LogP contribution in [-0.2, 0) is 12.2 Å². The predicted molar refractivity (Wildman–Crippen MR) is 107 cm³/mol. The lowest BCUT2D eigenvalue weighted by atomic mass is 10.1. The molecule has 0 aliphatic heterocycles. The van der Waals surface area contributed by atoms with Gasteiger partial charge in [-0.1, -0.05) is 36.9 Å². The van der Waals surface area contributed by atoms with Crippen LogP contribution in [0.3, 0.4) is 0 Å². The maximum absolute atomic E-state index is 11.9. The Hall–Kier alpha value is -2.73. The molecule has 26 heavy (non-hydrogen) atoms. The second kappa shape index (κ2) is 8.10. The largest absolute Gasteiger partial charge is 0.497 e. The van der Waals surface area contributed by atoms with E-state index < -0.39 is 0 Å². The third-order valence-corrected chi connectivity index (χ3v) is 4.81. The summed E-state index contributed by atoms with van der Waals surface area (Å²) in [5, 5.41) is 1.34. The van der Waals surface area contributed by atoms with Gasteiger partial charge in [0.25, 0.3) is 0 Å². The molecule has 3 rings (SSSR count). The maximum Gasteiger partial charge on any atom is 0.336 e. The first-order valence-corrected chi connectivity index (χ1v) is 9.24. The summed E-state index contributed by atoms with van der Waals surface area (Å²) in [7, 11) is 1.61. The van der Waals surface area contributed by atoms with Crippen LogP contribution in [0.5, 0.6) is 5.75 Å². The quantitative estimate of drug-likeness (QED) is 0.414. The third-order valence-electron chi connectivity index (χ3n) is 3.97. The van der Waals surface area contributed by atoms with Crippen molar-refractivity contribution in [2.24, 2.45) is 10.7 Å². The van der Waals surface area contributed by atoms with Crippen LogP contribution < -0.4 is 16.1 Å². The molecule has 0 aliphatic rings. The molecule has 1 aromatic heterocycles. The molecular weight excluding hydrogens is 348 g/mol. The number of thioether (sulfide) groups is 1. The number of amidine groups is 1. The van der Waals surface area contributed by atoms with Crippen molar-refractivity contribution >= 4 is 33.6 Å². The molecule has 0 aliphatic carbocycles. The minimum Gasteiger partial charge on any atom is -0.497 e. The molecule has 0 saturated heterocycles. The van der Waals surface area contributed by atoms with E-state index in [2.05, 4.69) is 11.9 Å². The molecule has 6 heteroatoms. The Balaban J connectivity index is 1.82. The monoisotopic (exact) mass is 368 g/mol. The molecule has 0 fully saturated rings. The minimum atomic E-state index is -0.357. The minimum absolute atomic E-state index is 0.357. The highest BCUT2D eigenvalue weighted by molar-refractivity contribution is 8.13. The molecule has 5 nitrogen and oxygen atoms in total. The first-order valence-electron chi connectivity index (χ1n) is 8.25. The Labute approximate surface area is 155 Å². The van der Waals surface area contributed by atoms with Gasteiger partial charge in [-0.2, -0.15) is 0 Å². The Morgan fingerprint density at radius 2 is 2.08 bits per heavy atom. The summed E-state index contributed by atoms with van der Waals surface area (Å²) < 4.78 is 10.5. The topological polar surface area (TPSA) is 77.8 Å². The second-order valence-corrected chi connectivity index (χ2v) is 6.71. The van der Waals surface area contributed by atoms with Crippen LogP contribution in [-0.4, -0.2) is 12.3 Å². The molecule has 2 aromatic carbocycles. The highest BCUT2D eigenvalue weighted by Crippen LogP contribution is 2.25. The second-order valence-electron chi connectivity index (χ2n) is 5.71. The summed E-state index contributed by atoms with van der Waals surface area (Å²) in [4.78, 5) is 16.2. The van der Waals surface area contributed by atoms with Gasteiger partial charge in [-0.15, -0.1) is 0 Å². The molecule has 0 amide bonds. The highest BCUT2D eigenvalue weighted by Gasteiger charge is 2.08. The lowest BCUT2D eigenvalue weighted by Gasteiger charge is -2.07. The Kier molecular flexibility index (Phi) is 5.63. The number of hydrogen-bond acceptors (Lipinski definition) is 5. The summed E-state index contributed by atoms with van der Waals surface area (Å²) in [6, 6.07) is 14.8. The van der Waals surface area contributed by atoms with Crippen LogP contribution in [0.25, 0.3) is 11.0 Å². The number of aryl methyl sites for hydroxylation is 1. The Morgan fingerprint density at radius 1 is 1.23 bits per heavy atom. The number of nitrogens with two attached hydrogens (primary N) is 1. The van der Waals surface area contributed by atoms with Crippen molar-refractivity contribution in [1.82, 2.24) is 0 Å². The molecule has 0 bridgehead atoms. The van der Waals surface area contributed by atoms with E-state index in [-0.39, 0.29) is 5.63 Å². The van der Waals surface area contributed by atoms with Gasteiger partial charge in [-0.3, -0.25) is 0 Å². The van der Waals surface area contributed by atoms with Gasteiger partial charge in [0.1, 0.15) is 11.3 Å². The standard InChI is InChI=1S/C20H20N2O3S/c1-3-13-7-8-17-14(10-19(23)25-18(17)9-13)12-26-20(21)22-15-5-4-6-16(11-15)24-2/h4-11H,3,12H2,1-2H3,(H2,21,22). The molecule has 1 heterocycles. The molecule has 3 aromatic rings. The van der Waals surface area contributed by atoms with Gasteiger partial charge in [0, 0.05) is 23.3 Å². The van der Waals surface area contributed by atoms with Crippen LogP contribution >= 0.6 is 11.8 Å². The zero-order valence-electron chi connectivity index (χ0n) is 14.7. The van der Waals surface area contributed by atoms with Crippen LogP contribution in [0.15, 0.2) is 62.7 Å². The molecule has 0 unspecified atom stereocenters. The smallest absolute Gasteiger partial charge is 0.336 e. The Bertz CT molecular complexity index is 1010. The molecular formula is C20H20N2O3S. The average molecular weight is 368 g/mol. The van der Waals surface area contributed by atoms with Gasteiger partial charge >= 0.3 is 5.63 Å². The van der Waals surface area contributed by atoms with Crippen molar-refractivity contribution in [3.05, 3.63) is 70.1 Å². The number of hydrogen-bond donors (Lipinski definition) is 1. The Morgan fingerprint density at radius 3 is 2.85 bits per heavy atom. The van der Waals surface area contributed by atoms with E-state index in [1.165, 1.54) is 17.8 Å². The summed E-state index contributed by atoms with van der Waals surface area (Å²) >= 11 is 1.38. The number of aliphatic imine (C=N–C) groups is 1. The van der Waals surface area contributed by atoms with Gasteiger partial charge in [-0.05, 0) is 35.7 Å². The maximum atomic E-state index is 11.9. The normalized spacial score (nSPS) is 11.7. The van der Waals surface area contributed by atoms with E-state index in [1.54, 1.807) is 7.11 Å². The van der Waals surface area contributed by atoms with Crippen LogP contribution in [0.1, 0.15) is 18.1 Å². The van der Waals surface area contributed by atoms with Crippen molar-refractivity contribution < 1.29 is 9.15 Å². The number of methoxy groups -OCH3 is 1. The molecule has 0 saturated carbocycles. The molecule has 134 valence electrons. The van der Waals surface area contributed by atoms with Crippen molar-refractivity contribution in [1.29, 1.82) is 0 Å². The van der Waals surface area contributed by atoms with E-state index in [9.17, 15) is 4.79 Å². The van der Waals surface area contributed by atoms with E-state index in [0.29, 0.717) is 16.5 Å². The first-order chi connectivity index (χ1) is 12.6. The molecule has 2 N–H and O–H groups in total. The molecule has 0 radical (unpaired) electrons. The first kappa shape index (κ1) is 18.1. The predicted octanol–water partition coefficient (Wildman–Crippen LogP) is 4.24. The fourth-order valence-corrected chi connectivity index (χ4v) is 3.32. The van der Waals surface area contributed by atoms with Gasteiger partial charge in [0.2, 0.25) is 0 Å². The summed E-state index contributed by atoms with van der Waals surface area (Å²) in [5.74, 6) is 1.26. The van der Waals surface area contributed by atoms with Crippen LogP contribution in [0, 0.1) is 0 Å². The van der Waals surface area contributed by atoms with E-state index in [4.69, 9.17) is 14.9 Å². The summed E-state index contributed by atoms with van der Waals surface area (Å²) in [6.45, 7) is 2.06. The van der Waals surface area contributed by atoms with Crippen molar-refractivity contribution in [3.8, 4) is 5.75 Å². The zero-order valence-corrected chi connectivity index (χ0v) is 15.5. The van der Waals surface area contributed by atoms with Gasteiger partial charge in [0.15, 0.2) is 5.17 Å². The summed E-state index contributed by atoms with van der Waals surface area (Å²) in [6.07, 6.45) is 0.888. The van der Waals surface area contributed by atoms with Crippen molar-refractivity contribution in [2.45, 2.75) is 19.1 Å². The fourth-order valence-electron chi connectivity index (χ4n) is 2.60. The van der Waals surface area contributed by atoms with Crippen molar-refractivity contribution in [2.75, 3.05) is 7.11 Å². The lowest BCUT2D eigenvalue weighted by Crippen LogP contribution is -2.07. The zero-order chi connectivity index (χ0) is 18.5. The average Bonchev–Trinajstić information content (AvgIpc) is 2.65. The van der Waals surface area contributed by atoms with Gasteiger partial charge in [0.05, 0.1) is 12.8 Å². The third kappa shape index (κ3) is 4.26. The number of fused-ring (bicyclic) bond motifs is 1.